The Balaban J connectivity index is 2.22. The smallest absolute Gasteiger partial charge is 0.188 e. The lowest BCUT2D eigenvalue weighted by molar-refractivity contribution is 0.318. The van der Waals surface area contributed by atoms with Gasteiger partial charge in [-0.25, -0.2) is 9.37 Å². The van der Waals surface area contributed by atoms with Gasteiger partial charge in [0, 0.05) is 4.47 Å². The Kier molecular flexibility index (Phi) is 3.96. The number of aromatic nitrogens is 1. The van der Waals surface area contributed by atoms with E-state index >= 15 is 0 Å². The lowest BCUT2D eigenvalue weighted by Gasteiger charge is -2.07. The number of oxime groups is 1. The first-order chi connectivity index (χ1) is 9.10. The van der Waals surface area contributed by atoms with E-state index < -0.39 is 5.82 Å². The highest BCUT2D eigenvalue weighted by Crippen LogP contribution is 2.27. The Bertz CT molecular complexity index is 617. The van der Waals surface area contributed by atoms with E-state index in [1.54, 1.807) is 12.1 Å². The van der Waals surface area contributed by atoms with Gasteiger partial charge in [0.15, 0.2) is 17.4 Å². The molecule has 1 aromatic carbocycles. The molecule has 5 nitrogen and oxygen atoms in total. The fraction of sp³-hybridized carbons (Fsp3) is 0. The summed E-state index contributed by atoms with van der Waals surface area (Å²) in [5.41, 5.74) is 5.67. The number of ether oxygens (including phenoxy) is 1. The van der Waals surface area contributed by atoms with Gasteiger partial charge in [0.1, 0.15) is 11.4 Å². The summed E-state index contributed by atoms with van der Waals surface area (Å²) in [7, 11) is 0. The van der Waals surface area contributed by atoms with Gasteiger partial charge in [0.05, 0.1) is 6.20 Å². The van der Waals surface area contributed by atoms with Gasteiger partial charge in [0.2, 0.25) is 0 Å². The fourth-order valence-electron chi connectivity index (χ4n) is 1.33. The van der Waals surface area contributed by atoms with Crippen molar-refractivity contribution in [2.24, 2.45) is 10.9 Å². The minimum atomic E-state index is -0.483. The molecule has 98 valence electrons. The Labute approximate surface area is 116 Å². The van der Waals surface area contributed by atoms with E-state index in [0.29, 0.717) is 15.9 Å². The Morgan fingerprint density at radius 3 is 2.79 bits per heavy atom. The molecule has 0 aliphatic heterocycles. The number of benzene rings is 1. The molecule has 19 heavy (non-hydrogen) atoms. The third-order valence-electron chi connectivity index (χ3n) is 2.23. The van der Waals surface area contributed by atoms with E-state index in [4.69, 9.17) is 15.7 Å². The lowest BCUT2D eigenvalue weighted by Crippen LogP contribution is -2.14. The van der Waals surface area contributed by atoms with Crippen molar-refractivity contribution < 1.29 is 14.3 Å². The van der Waals surface area contributed by atoms with Crippen LogP contribution in [0.4, 0.5) is 4.39 Å². The summed E-state index contributed by atoms with van der Waals surface area (Å²) in [6.07, 6.45) is 1.35. The maximum atomic E-state index is 13.5. The molecule has 0 fully saturated rings. The maximum Gasteiger partial charge on any atom is 0.188 e. The number of amidine groups is 1. The second-order valence-electron chi connectivity index (χ2n) is 3.54. The fourth-order valence-corrected chi connectivity index (χ4v) is 1.67. The minimum absolute atomic E-state index is 0.0766. The Hall–Kier alpha value is -2.15. The molecule has 1 heterocycles. The summed E-state index contributed by atoms with van der Waals surface area (Å²) in [6.45, 7) is 0. The highest BCUT2D eigenvalue weighted by molar-refractivity contribution is 9.10. The third kappa shape index (κ3) is 3.19. The van der Waals surface area contributed by atoms with Gasteiger partial charge >= 0.3 is 0 Å². The molecule has 0 bridgehead atoms. The Morgan fingerprint density at radius 1 is 1.37 bits per heavy atom. The molecular formula is C12H9BrFN3O2. The van der Waals surface area contributed by atoms with Crippen molar-refractivity contribution in [3.63, 3.8) is 0 Å². The van der Waals surface area contributed by atoms with E-state index in [9.17, 15) is 4.39 Å². The summed E-state index contributed by atoms with van der Waals surface area (Å²) >= 11 is 3.23. The van der Waals surface area contributed by atoms with Gasteiger partial charge in [-0.05, 0) is 30.3 Å². The molecule has 0 aliphatic rings. The van der Waals surface area contributed by atoms with E-state index in [1.165, 1.54) is 24.4 Å². The number of hydrogen-bond acceptors (Lipinski definition) is 4. The zero-order valence-corrected chi connectivity index (χ0v) is 11.1. The van der Waals surface area contributed by atoms with Crippen LogP contribution in [0.1, 0.15) is 5.69 Å². The Morgan fingerprint density at radius 2 is 2.16 bits per heavy atom. The summed E-state index contributed by atoms with van der Waals surface area (Å²) in [5.74, 6) is -0.178. The van der Waals surface area contributed by atoms with Gasteiger partial charge in [-0.1, -0.05) is 21.1 Å². The SMILES string of the molecule is N/C(=N/O)c1ccc(Oc2cc(Br)ccc2F)cn1. The van der Waals surface area contributed by atoms with Crippen LogP contribution in [0.2, 0.25) is 0 Å². The number of rotatable bonds is 3. The first kappa shape index (κ1) is 13.3. The molecule has 2 rings (SSSR count). The molecule has 0 aliphatic carbocycles. The van der Waals surface area contributed by atoms with Crippen molar-refractivity contribution >= 4 is 21.8 Å². The topological polar surface area (TPSA) is 80.7 Å². The lowest BCUT2D eigenvalue weighted by atomic mass is 10.3. The van der Waals surface area contributed by atoms with Crippen molar-refractivity contribution in [2.75, 3.05) is 0 Å². The summed E-state index contributed by atoms with van der Waals surface area (Å²) in [6, 6.07) is 7.41. The predicted molar refractivity (Wildman–Crippen MR) is 70.9 cm³/mol. The summed E-state index contributed by atoms with van der Waals surface area (Å²) < 4.78 is 19.5. The molecule has 0 saturated heterocycles. The van der Waals surface area contributed by atoms with Crippen LogP contribution < -0.4 is 10.5 Å². The molecule has 0 amide bonds. The zero-order valence-electron chi connectivity index (χ0n) is 9.55. The van der Waals surface area contributed by atoms with Gasteiger partial charge < -0.3 is 15.7 Å². The third-order valence-corrected chi connectivity index (χ3v) is 2.72. The second-order valence-corrected chi connectivity index (χ2v) is 4.46. The van der Waals surface area contributed by atoms with Crippen molar-refractivity contribution in [1.82, 2.24) is 4.98 Å². The van der Waals surface area contributed by atoms with Crippen molar-refractivity contribution in [2.45, 2.75) is 0 Å². The van der Waals surface area contributed by atoms with Crippen LogP contribution in [-0.4, -0.2) is 16.0 Å². The number of hydrogen-bond donors (Lipinski definition) is 2. The maximum absolute atomic E-state index is 13.5. The van der Waals surface area contributed by atoms with Gasteiger partial charge in [-0.3, -0.25) is 0 Å². The van der Waals surface area contributed by atoms with E-state index in [1.807, 2.05) is 0 Å². The first-order valence-electron chi connectivity index (χ1n) is 5.17. The van der Waals surface area contributed by atoms with Crippen molar-refractivity contribution in [1.29, 1.82) is 0 Å². The quantitative estimate of drug-likeness (QED) is 0.393. The van der Waals surface area contributed by atoms with Gasteiger partial charge in [-0.2, -0.15) is 0 Å². The highest BCUT2D eigenvalue weighted by Gasteiger charge is 2.07. The minimum Gasteiger partial charge on any atom is -0.453 e. The van der Waals surface area contributed by atoms with E-state index in [0.717, 1.165) is 0 Å². The van der Waals surface area contributed by atoms with Crippen LogP contribution in [0.5, 0.6) is 11.5 Å². The number of nitrogens with two attached hydrogens (primary N) is 1. The average Bonchev–Trinajstić information content (AvgIpc) is 2.43. The standard InChI is InChI=1S/C12H9BrFN3O2/c13-7-1-3-9(14)11(5-7)19-8-2-4-10(16-6-8)12(15)17-18/h1-6,18H,(H2,15,17). The van der Waals surface area contributed by atoms with Gasteiger partial charge in [0.25, 0.3) is 0 Å². The number of pyridine rings is 1. The molecule has 3 N–H and O–H groups in total. The van der Waals surface area contributed by atoms with Crippen LogP contribution >= 0.6 is 15.9 Å². The molecule has 0 saturated carbocycles. The number of halogens is 2. The normalized spacial score (nSPS) is 11.4. The van der Waals surface area contributed by atoms with Crippen molar-refractivity contribution in [3.8, 4) is 11.5 Å². The molecule has 0 atom stereocenters. The largest absolute Gasteiger partial charge is 0.453 e. The zero-order chi connectivity index (χ0) is 13.8. The van der Waals surface area contributed by atoms with Crippen LogP contribution in [0.3, 0.4) is 0 Å². The molecule has 7 heteroatoms. The molecule has 0 spiro atoms. The average molecular weight is 326 g/mol. The first-order valence-corrected chi connectivity index (χ1v) is 5.96. The van der Waals surface area contributed by atoms with Gasteiger partial charge in [-0.15, -0.1) is 0 Å². The molecule has 0 radical (unpaired) electrons. The molecule has 2 aromatic rings. The number of nitrogens with zero attached hydrogens (tertiary/aromatic N) is 2. The van der Waals surface area contributed by atoms with E-state index in [-0.39, 0.29) is 11.6 Å². The van der Waals surface area contributed by atoms with E-state index in [2.05, 4.69) is 26.1 Å². The van der Waals surface area contributed by atoms with Crippen LogP contribution in [-0.2, 0) is 0 Å². The summed E-state index contributed by atoms with van der Waals surface area (Å²) in [4.78, 5) is 3.92. The predicted octanol–water partition coefficient (Wildman–Crippen LogP) is 2.87. The molecule has 0 unspecified atom stereocenters. The van der Waals surface area contributed by atoms with Crippen LogP contribution in [0, 0.1) is 5.82 Å². The molecular weight excluding hydrogens is 317 g/mol. The summed E-state index contributed by atoms with van der Waals surface area (Å²) in [5, 5.41) is 11.3. The second kappa shape index (κ2) is 5.66. The highest BCUT2D eigenvalue weighted by atomic mass is 79.9. The monoisotopic (exact) mass is 325 g/mol. The van der Waals surface area contributed by atoms with Crippen LogP contribution in [0.25, 0.3) is 0 Å². The van der Waals surface area contributed by atoms with Crippen LogP contribution in [0.15, 0.2) is 46.2 Å². The van der Waals surface area contributed by atoms with Crippen molar-refractivity contribution in [3.05, 3.63) is 52.5 Å². The molecule has 1 aromatic heterocycles.